The maximum atomic E-state index is 12.5. The number of unbranched alkanes of at least 4 members (excludes halogenated alkanes) is 35. The van der Waals surface area contributed by atoms with Crippen molar-refractivity contribution < 1.29 is 24.5 Å². The van der Waals surface area contributed by atoms with Crippen molar-refractivity contribution in [3.05, 3.63) is 48.6 Å². The molecular weight excluding hydrogens is 803 g/mol. The fraction of sp³-hybridized carbons (Fsp3) is 0.831. The topological polar surface area (TPSA) is 95.9 Å². The first-order valence-corrected chi connectivity index (χ1v) is 28.4. The summed E-state index contributed by atoms with van der Waals surface area (Å²) in [7, 11) is 0. The van der Waals surface area contributed by atoms with Gasteiger partial charge in [-0.05, 0) is 89.9 Å². The zero-order valence-corrected chi connectivity index (χ0v) is 43.2. The Bertz CT molecular complexity index is 1100. The summed E-state index contributed by atoms with van der Waals surface area (Å²) >= 11 is 0. The molecule has 0 spiro atoms. The van der Waals surface area contributed by atoms with E-state index in [1.807, 2.05) is 6.08 Å². The first kappa shape index (κ1) is 62.8. The summed E-state index contributed by atoms with van der Waals surface area (Å²) in [5, 5.41) is 23.1. The number of hydrogen-bond donors (Lipinski definition) is 3. The van der Waals surface area contributed by atoms with Crippen LogP contribution in [-0.2, 0) is 14.3 Å². The summed E-state index contributed by atoms with van der Waals surface area (Å²) in [5.41, 5.74) is 0. The van der Waals surface area contributed by atoms with E-state index in [1.54, 1.807) is 6.08 Å². The van der Waals surface area contributed by atoms with Crippen molar-refractivity contribution in [3.63, 3.8) is 0 Å². The lowest BCUT2D eigenvalue weighted by Gasteiger charge is -2.20. The van der Waals surface area contributed by atoms with Gasteiger partial charge in [0.05, 0.1) is 25.4 Å². The number of ether oxygens (including phenoxy) is 1. The fourth-order valence-corrected chi connectivity index (χ4v) is 8.41. The normalized spacial score (nSPS) is 13.0. The van der Waals surface area contributed by atoms with Crippen molar-refractivity contribution >= 4 is 11.9 Å². The Labute approximate surface area is 404 Å². The summed E-state index contributed by atoms with van der Waals surface area (Å²) < 4.78 is 5.42. The van der Waals surface area contributed by atoms with Crippen LogP contribution in [0, 0.1) is 0 Å². The number of nitrogens with one attached hydrogen (secondary N) is 1. The van der Waals surface area contributed by atoms with E-state index in [4.69, 9.17) is 4.74 Å². The largest absolute Gasteiger partial charge is 0.466 e. The molecule has 0 rings (SSSR count). The van der Waals surface area contributed by atoms with Crippen molar-refractivity contribution in [1.29, 1.82) is 0 Å². The summed E-state index contributed by atoms with van der Waals surface area (Å²) in [6.07, 6.45) is 68.4. The molecule has 0 aliphatic heterocycles. The SMILES string of the molecule is CCCC/C=C\CCCCCCCC(=O)OCCCCC/C=C\C/C=C\CCCCCCCCCC(=O)NC(CO)C(O)/C=C/CCCCCCCCCCCCCCCCCCCC. The zero-order chi connectivity index (χ0) is 47.2. The maximum Gasteiger partial charge on any atom is 0.305 e. The number of carbonyl (C=O) groups is 2. The Morgan fingerprint density at radius 3 is 1.23 bits per heavy atom. The monoisotopic (exact) mass is 912 g/mol. The predicted octanol–water partition coefficient (Wildman–Crippen LogP) is 17.4. The number of aliphatic hydroxyl groups is 2. The predicted molar refractivity (Wildman–Crippen MR) is 282 cm³/mol. The first-order chi connectivity index (χ1) is 32.0. The zero-order valence-electron chi connectivity index (χ0n) is 43.2. The second-order valence-corrected chi connectivity index (χ2v) is 19.3. The maximum absolute atomic E-state index is 12.5. The minimum Gasteiger partial charge on any atom is -0.466 e. The molecular formula is C59H109NO5. The number of amides is 1. The Kier molecular flexibility index (Phi) is 52.6. The smallest absolute Gasteiger partial charge is 0.305 e. The van der Waals surface area contributed by atoms with Gasteiger partial charge in [0.2, 0.25) is 5.91 Å². The second-order valence-electron chi connectivity index (χ2n) is 19.3. The Balaban J connectivity index is 3.55. The standard InChI is InChI=1S/C59H109NO5/c1-3-5-7-9-11-13-15-16-17-18-19-20-22-25-28-32-35-39-43-47-51-57(62)56(55-61)60-58(63)52-48-44-40-36-33-29-26-23-21-24-27-30-34-38-42-46-50-54-65-59(64)53-49-45-41-37-31-14-12-10-8-6-4-2/h10,12,21,24,30,34,47,51,56-57,61-62H,3-9,11,13-20,22-23,25-29,31-33,35-46,48-50,52-55H2,1-2H3,(H,60,63)/b12-10-,24-21-,34-30-,51-47+. The molecule has 0 aliphatic rings. The van der Waals surface area contributed by atoms with Crippen LogP contribution in [-0.4, -0.2) is 47.4 Å². The van der Waals surface area contributed by atoms with E-state index < -0.39 is 12.1 Å². The third kappa shape index (κ3) is 51.1. The van der Waals surface area contributed by atoms with Crippen LogP contribution in [0.3, 0.4) is 0 Å². The van der Waals surface area contributed by atoms with Crippen LogP contribution in [0.1, 0.15) is 290 Å². The summed E-state index contributed by atoms with van der Waals surface area (Å²) in [6, 6.07) is -0.641. The summed E-state index contributed by atoms with van der Waals surface area (Å²) in [4.78, 5) is 24.4. The van der Waals surface area contributed by atoms with Crippen LogP contribution in [0.15, 0.2) is 48.6 Å². The van der Waals surface area contributed by atoms with Crippen LogP contribution in [0.25, 0.3) is 0 Å². The van der Waals surface area contributed by atoms with Crippen LogP contribution >= 0.6 is 0 Å². The third-order valence-corrected chi connectivity index (χ3v) is 12.8. The highest BCUT2D eigenvalue weighted by Crippen LogP contribution is 2.16. The van der Waals surface area contributed by atoms with Gasteiger partial charge in [-0.1, -0.05) is 236 Å². The Hall–Kier alpha value is -2.18. The van der Waals surface area contributed by atoms with Crippen LogP contribution < -0.4 is 5.32 Å². The minimum absolute atomic E-state index is 0.0280. The summed E-state index contributed by atoms with van der Waals surface area (Å²) in [5.74, 6) is -0.111. The Morgan fingerprint density at radius 2 is 0.785 bits per heavy atom. The van der Waals surface area contributed by atoms with E-state index >= 15 is 0 Å². The van der Waals surface area contributed by atoms with Gasteiger partial charge in [-0.15, -0.1) is 0 Å². The minimum atomic E-state index is -0.857. The number of carbonyl (C=O) groups excluding carboxylic acids is 2. The van der Waals surface area contributed by atoms with Gasteiger partial charge in [-0.3, -0.25) is 9.59 Å². The van der Waals surface area contributed by atoms with E-state index in [0.717, 1.165) is 83.5 Å². The average Bonchev–Trinajstić information content (AvgIpc) is 3.31. The van der Waals surface area contributed by atoms with Gasteiger partial charge in [-0.25, -0.2) is 0 Å². The van der Waals surface area contributed by atoms with Crippen molar-refractivity contribution in [2.45, 2.75) is 302 Å². The van der Waals surface area contributed by atoms with Gasteiger partial charge < -0.3 is 20.3 Å². The van der Waals surface area contributed by atoms with Crippen molar-refractivity contribution in [3.8, 4) is 0 Å². The number of hydrogen-bond acceptors (Lipinski definition) is 5. The van der Waals surface area contributed by atoms with E-state index in [0.29, 0.717) is 19.4 Å². The van der Waals surface area contributed by atoms with E-state index in [1.165, 1.54) is 180 Å². The number of esters is 1. The van der Waals surface area contributed by atoms with Crippen LogP contribution in [0.2, 0.25) is 0 Å². The molecule has 0 aliphatic carbocycles. The molecule has 0 saturated carbocycles. The van der Waals surface area contributed by atoms with Gasteiger partial charge in [0.25, 0.3) is 0 Å². The summed E-state index contributed by atoms with van der Waals surface area (Å²) in [6.45, 7) is 4.82. The van der Waals surface area contributed by atoms with E-state index in [-0.39, 0.29) is 18.5 Å². The molecule has 0 aromatic carbocycles. The number of rotatable bonds is 52. The van der Waals surface area contributed by atoms with Crippen LogP contribution in [0.5, 0.6) is 0 Å². The van der Waals surface area contributed by atoms with Gasteiger partial charge >= 0.3 is 5.97 Å². The lowest BCUT2D eigenvalue weighted by molar-refractivity contribution is -0.143. The molecule has 2 atom stereocenters. The van der Waals surface area contributed by atoms with Gasteiger partial charge in [0.1, 0.15) is 0 Å². The molecule has 1 amide bonds. The van der Waals surface area contributed by atoms with Crippen molar-refractivity contribution in [1.82, 2.24) is 5.32 Å². The van der Waals surface area contributed by atoms with Gasteiger partial charge in [0.15, 0.2) is 0 Å². The first-order valence-electron chi connectivity index (χ1n) is 28.4. The molecule has 0 saturated heterocycles. The van der Waals surface area contributed by atoms with Gasteiger partial charge in [0, 0.05) is 12.8 Å². The van der Waals surface area contributed by atoms with E-state index in [9.17, 15) is 19.8 Å². The highest BCUT2D eigenvalue weighted by Gasteiger charge is 2.18. The van der Waals surface area contributed by atoms with E-state index in [2.05, 4.69) is 55.6 Å². The lowest BCUT2D eigenvalue weighted by atomic mass is 10.0. The molecule has 0 fully saturated rings. The average molecular weight is 913 g/mol. The number of allylic oxidation sites excluding steroid dienone is 7. The third-order valence-electron chi connectivity index (χ3n) is 12.8. The molecule has 380 valence electrons. The Morgan fingerprint density at radius 1 is 0.431 bits per heavy atom. The van der Waals surface area contributed by atoms with Crippen molar-refractivity contribution in [2.75, 3.05) is 13.2 Å². The molecule has 0 aromatic rings. The fourth-order valence-electron chi connectivity index (χ4n) is 8.41. The lowest BCUT2D eigenvalue weighted by Crippen LogP contribution is -2.45. The molecule has 6 nitrogen and oxygen atoms in total. The molecule has 65 heavy (non-hydrogen) atoms. The molecule has 0 heterocycles. The van der Waals surface area contributed by atoms with Gasteiger partial charge in [-0.2, -0.15) is 0 Å². The molecule has 2 unspecified atom stereocenters. The second kappa shape index (κ2) is 54.4. The number of aliphatic hydroxyl groups excluding tert-OH is 2. The van der Waals surface area contributed by atoms with Crippen LogP contribution in [0.4, 0.5) is 0 Å². The molecule has 0 radical (unpaired) electrons. The molecule has 0 aromatic heterocycles. The highest BCUT2D eigenvalue weighted by molar-refractivity contribution is 5.76. The molecule has 6 heteroatoms. The molecule has 3 N–H and O–H groups in total. The molecule has 0 bridgehead atoms. The highest BCUT2D eigenvalue weighted by atomic mass is 16.5. The quantitative estimate of drug-likeness (QED) is 0.0321. The van der Waals surface area contributed by atoms with Crippen molar-refractivity contribution in [2.24, 2.45) is 0 Å².